The molecule has 34 heteroatoms. The molecule has 5 heterocycles. The minimum absolute atomic E-state index is 0.0413. The third kappa shape index (κ3) is 25.6. The molecule has 608 valence electrons. The fourth-order valence-corrected chi connectivity index (χ4v) is 11.9. The van der Waals surface area contributed by atoms with Crippen LogP contribution < -0.4 is 74.9 Å². The summed E-state index contributed by atoms with van der Waals surface area (Å²) in [4.78, 5) is 78.4. The molecule has 3 aromatic heterocycles. The Labute approximate surface area is 657 Å². The molecule has 0 atom stereocenters. The number of aromatic nitrogens is 6. The number of benzene rings is 6. The Hall–Kier alpha value is -13.3. The summed E-state index contributed by atoms with van der Waals surface area (Å²) >= 11 is 0. The van der Waals surface area contributed by atoms with Gasteiger partial charge in [-0.1, -0.05) is 19.7 Å². The normalized spacial score (nSPS) is 13.2. The van der Waals surface area contributed by atoms with Crippen molar-refractivity contribution in [2.24, 2.45) is 0 Å². The number of hydrogen-bond donors (Lipinski definition) is 9. The van der Waals surface area contributed by atoms with Gasteiger partial charge in [0, 0.05) is 110 Å². The largest absolute Gasteiger partial charge is 0.497 e. The van der Waals surface area contributed by atoms with E-state index in [-0.39, 0.29) is 84.2 Å². The van der Waals surface area contributed by atoms with Crippen molar-refractivity contribution in [1.29, 1.82) is 0 Å². The Balaban J connectivity index is 0.000000197. The second-order valence-corrected chi connectivity index (χ2v) is 26.2. The average molecular weight is 1600 g/mol. The number of aryl methyl sites for hydroxylation is 6. The maximum absolute atomic E-state index is 13.7. The first kappa shape index (κ1) is 85.7. The number of aromatic amines is 3. The second kappa shape index (κ2) is 39.7. The van der Waals surface area contributed by atoms with E-state index in [2.05, 4.69) is 82.2 Å². The summed E-state index contributed by atoms with van der Waals surface area (Å²) in [5, 5.41) is 37.0. The molecular formula is C81H87F7N14O13. The van der Waals surface area contributed by atoms with Crippen molar-refractivity contribution in [2.45, 2.75) is 82.2 Å². The Kier molecular flexibility index (Phi) is 29.6. The van der Waals surface area contributed by atoms with Gasteiger partial charge in [-0.25, -0.2) is 17.6 Å². The lowest BCUT2D eigenvalue weighted by molar-refractivity contribution is -0.139. The number of alkyl halides is 7. The van der Waals surface area contributed by atoms with Crippen LogP contribution in [0.1, 0.15) is 90.5 Å². The van der Waals surface area contributed by atoms with Gasteiger partial charge in [-0.2, -0.15) is 28.5 Å². The monoisotopic (exact) mass is 1600 g/mol. The van der Waals surface area contributed by atoms with Crippen molar-refractivity contribution in [3.8, 4) is 40.2 Å². The number of anilines is 8. The molecule has 2 aliphatic heterocycles. The summed E-state index contributed by atoms with van der Waals surface area (Å²) in [6.07, 6.45) is 0.727. The van der Waals surface area contributed by atoms with Crippen LogP contribution in [-0.2, 0) is 52.9 Å². The van der Waals surface area contributed by atoms with Gasteiger partial charge < -0.3 is 74.9 Å². The van der Waals surface area contributed by atoms with Gasteiger partial charge in [0.15, 0.2) is 17.5 Å². The van der Waals surface area contributed by atoms with Gasteiger partial charge in [-0.05, 0) is 158 Å². The summed E-state index contributed by atoms with van der Waals surface area (Å²) in [6, 6.07) is 35.4. The van der Waals surface area contributed by atoms with Crippen LogP contribution in [0, 0.1) is 0 Å². The number of amides is 6. The second-order valence-electron chi connectivity index (χ2n) is 26.2. The van der Waals surface area contributed by atoms with E-state index in [1.165, 1.54) is 35.2 Å². The van der Waals surface area contributed by atoms with Crippen LogP contribution in [0.15, 0.2) is 165 Å². The molecule has 0 bridgehead atoms. The van der Waals surface area contributed by atoms with Gasteiger partial charge in [-0.15, -0.1) is 0 Å². The standard InChI is InChI=1S/C28H31F2N5O4.C27H29F2N5O4.C26H27F3N4O5/c1-4-26(36)31-24-16-20(35-11-9-28(29,30)10-12-35)7-8-23(24)27(37)32-25-15-19(33-34-25)6-5-18-13-21(38-2)17-22(14-18)39-3;1-4-25(35)30-23-14-19(34-10-9-27(28,29)16-34)7-8-22(23)26(36)31-24-13-18(32-33-24)6-5-17-11-20(37-2)15-21(12-17)38-3;1-4-24(34)30-22-15-18(38-10-9-26(27,28)29)7-8-21(22)25(35)31-23-13-17(32-33-23)6-5-16-11-19(36-2)14-20(12-16)37-3/h4,7-8,13-17H,1,5-6,9-12H2,2-3H3,(H,31,36)(H2,32,33,34,37);4,7-8,11-15H,1,5-6,9-10,16H2,2-3H3,(H,30,35)(H2,31,32,33,36);4,7-8,11-15H,1,5-6,9-10H2,2-3H3,(H,30,34)(H2,31,32,33,35). The maximum Gasteiger partial charge on any atom is 0.392 e. The van der Waals surface area contributed by atoms with E-state index in [0.29, 0.717) is 96.0 Å². The Morgan fingerprint density at radius 3 is 1.06 bits per heavy atom. The smallest absolute Gasteiger partial charge is 0.392 e. The zero-order valence-electron chi connectivity index (χ0n) is 63.8. The number of ether oxygens (including phenoxy) is 7. The number of rotatable bonds is 32. The van der Waals surface area contributed by atoms with E-state index in [1.807, 2.05) is 36.4 Å². The summed E-state index contributed by atoms with van der Waals surface area (Å²) in [5.74, 6) is -3.62. The van der Waals surface area contributed by atoms with Gasteiger partial charge in [0.2, 0.25) is 17.7 Å². The van der Waals surface area contributed by atoms with E-state index < -0.39 is 73.0 Å². The van der Waals surface area contributed by atoms with Gasteiger partial charge in [0.25, 0.3) is 29.6 Å². The number of carbonyl (C=O) groups is 6. The fraction of sp³-hybridized carbons (Fsp3) is 0.296. The molecule has 115 heavy (non-hydrogen) atoms. The molecule has 0 radical (unpaired) electrons. The lowest BCUT2D eigenvalue weighted by Gasteiger charge is -2.33. The molecule has 0 saturated carbocycles. The van der Waals surface area contributed by atoms with Crippen molar-refractivity contribution in [3.63, 3.8) is 0 Å². The van der Waals surface area contributed by atoms with E-state index in [1.54, 1.807) is 108 Å². The van der Waals surface area contributed by atoms with E-state index >= 15 is 0 Å². The summed E-state index contributed by atoms with van der Waals surface area (Å²) in [7, 11) is 9.53. The SMILES string of the molecule is C=CC(=O)Nc1cc(N2CCC(F)(F)C2)ccc1C(=O)Nc1cc(CCc2cc(OC)cc(OC)c2)[nH]n1.C=CC(=O)Nc1cc(N2CCC(F)(F)CC2)ccc1C(=O)Nc1cc(CCc2cc(OC)cc(OC)c2)[nH]n1.C=CC(=O)Nc1cc(OCCC(F)(F)F)ccc1C(=O)Nc1cc(CCc2cc(OC)cc(OC)c2)[nH]n1. The highest BCUT2D eigenvalue weighted by Crippen LogP contribution is 2.37. The summed E-state index contributed by atoms with van der Waals surface area (Å²) < 4.78 is 129. The van der Waals surface area contributed by atoms with Gasteiger partial charge >= 0.3 is 6.18 Å². The molecule has 27 nitrogen and oxygen atoms in total. The Morgan fingerprint density at radius 1 is 0.417 bits per heavy atom. The molecule has 2 aliphatic rings. The predicted octanol–water partition coefficient (Wildman–Crippen LogP) is 14.2. The molecule has 2 fully saturated rings. The van der Waals surface area contributed by atoms with Crippen LogP contribution in [0.2, 0.25) is 0 Å². The first-order valence-corrected chi connectivity index (χ1v) is 35.9. The molecule has 9 aromatic rings. The molecular weight excluding hydrogens is 1510 g/mol. The molecule has 6 amide bonds. The van der Waals surface area contributed by atoms with E-state index in [9.17, 15) is 59.5 Å². The average Bonchev–Trinajstić information content (AvgIpc) is 1.50. The highest BCUT2D eigenvalue weighted by Gasteiger charge is 2.39. The molecule has 6 aromatic carbocycles. The number of carbonyl (C=O) groups excluding carboxylic acids is 6. The predicted molar refractivity (Wildman–Crippen MR) is 421 cm³/mol. The Bertz CT molecular complexity index is 4870. The molecule has 11 rings (SSSR count). The topological polar surface area (TPSA) is 332 Å². The van der Waals surface area contributed by atoms with Crippen molar-refractivity contribution < 1.29 is 92.7 Å². The summed E-state index contributed by atoms with van der Waals surface area (Å²) in [5.41, 5.74) is 7.38. The Morgan fingerprint density at radius 2 is 0.739 bits per heavy atom. The molecule has 0 unspecified atom stereocenters. The zero-order chi connectivity index (χ0) is 83.0. The van der Waals surface area contributed by atoms with Gasteiger partial charge in [0.05, 0.1) is 96.0 Å². The quantitative estimate of drug-likeness (QED) is 0.0140. The lowest BCUT2D eigenvalue weighted by Crippen LogP contribution is -2.39. The molecule has 2 saturated heterocycles. The number of nitrogens with one attached hydrogen (secondary N) is 9. The van der Waals surface area contributed by atoms with Crippen LogP contribution in [0.4, 0.5) is 76.6 Å². The fourth-order valence-electron chi connectivity index (χ4n) is 11.9. The van der Waals surface area contributed by atoms with E-state index in [4.69, 9.17) is 33.2 Å². The van der Waals surface area contributed by atoms with Crippen molar-refractivity contribution >= 4 is 81.3 Å². The highest BCUT2D eigenvalue weighted by atomic mass is 19.4. The van der Waals surface area contributed by atoms with Crippen molar-refractivity contribution in [3.05, 3.63) is 216 Å². The first-order chi connectivity index (χ1) is 55.0. The van der Waals surface area contributed by atoms with E-state index in [0.717, 1.165) is 52.0 Å². The van der Waals surface area contributed by atoms with Gasteiger partial charge in [-0.3, -0.25) is 44.1 Å². The first-order valence-electron chi connectivity index (χ1n) is 35.9. The van der Waals surface area contributed by atoms with Gasteiger partial charge in [0.1, 0.15) is 40.2 Å². The number of H-pyrrole nitrogens is 3. The maximum atomic E-state index is 13.7. The van der Waals surface area contributed by atoms with Crippen LogP contribution >= 0.6 is 0 Å². The summed E-state index contributed by atoms with van der Waals surface area (Å²) in [6.45, 7) is 9.73. The lowest BCUT2D eigenvalue weighted by atomic mass is 10.0. The van der Waals surface area contributed by atoms with Crippen molar-refractivity contribution in [2.75, 3.05) is 117 Å². The minimum atomic E-state index is -4.37. The third-order valence-corrected chi connectivity index (χ3v) is 18.0. The number of nitrogens with zero attached hydrogens (tertiary/aromatic N) is 5. The van der Waals surface area contributed by atoms with Crippen LogP contribution in [-0.4, -0.2) is 160 Å². The van der Waals surface area contributed by atoms with Crippen molar-refractivity contribution in [1.82, 2.24) is 30.6 Å². The van der Waals surface area contributed by atoms with Crippen LogP contribution in [0.3, 0.4) is 0 Å². The highest BCUT2D eigenvalue weighted by molar-refractivity contribution is 6.13. The number of methoxy groups -OCH3 is 6. The number of piperidine rings is 1. The van der Waals surface area contributed by atoms with Crippen LogP contribution in [0.25, 0.3) is 0 Å². The number of halogens is 7. The molecule has 0 aliphatic carbocycles. The number of hydrogen-bond acceptors (Lipinski definition) is 18. The molecule has 0 spiro atoms. The van der Waals surface area contributed by atoms with Crippen LogP contribution in [0.5, 0.6) is 40.2 Å². The third-order valence-electron chi connectivity index (χ3n) is 18.0. The molecule has 9 N–H and O–H groups in total. The zero-order valence-corrected chi connectivity index (χ0v) is 63.8. The minimum Gasteiger partial charge on any atom is -0.497 e.